The summed E-state index contributed by atoms with van der Waals surface area (Å²) in [5, 5.41) is 0. The standard InChI is InChI=1S/C26H56O2Si/c1-7-13-14-15-16-17-18-19-20-21-24-27-29(11-5,12-6)28-26(10-4)23-22-25(8-2)9-3/h25-26H,7-24H2,1-6H3. The summed E-state index contributed by atoms with van der Waals surface area (Å²) in [7, 11) is -2.01. The van der Waals surface area contributed by atoms with Gasteiger partial charge in [0.2, 0.25) is 0 Å². The molecule has 0 saturated heterocycles. The highest BCUT2D eigenvalue weighted by Crippen LogP contribution is 2.26. The fourth-order valence-electron chi connectivity index (χ4n) is 4.27. The molecule has 0 bridgehead atoms. The van der Waals surface area contributed by atoms with Gasteiger partial charge in [-0.1, -0.05) is 112 Å². The molecule has 0 aliphatic carbocycles. The minimum Gasteiger partial charge on any atom is -0.394 e. The van der Waals surface area contributed by atoms with Gasteiger partial charge in [-0.25, -0.2) is 0 Å². The van der Waals surface area contributed by atoms with Crippen LogP contribution in [0.3, 0.4) is 0 Å². The zero-order chi connectivity index (χ0) is 21.8. The molecule has 29 heavy (non-hydrogen) atoms. The molecule has 0 spiro atoms. The molecule has 176 valence electrons. The van der Waals surface area contributed by atoms with Crippen LogP contribution in [-0.4, -0.2) is 21.3 Å². The number of unbranched alkanes of at least 4 members (excludes halogenated alkanes) is 9. The van der Waals surface area contributed by atoms with Gasteiger partial charge in [0, 0.05) is 12.7 Å². The lowest BCUT2D eigenvalue weighted by Crippen LogP contribution is -2.44. The number of rotatable bonds is 22. The fraction of sp³-hybridized carbons (Fsp3) is 1.00. The summed E-state index contributed by atoms with van der Waals surface area (Å²) in [6.45, 7) is 14.7. The number of hydrogen-bond acceptors (Lipinski definition) is 2. The predicted molar refractivity (Wildman–Crippen MR) is 133 cm³/mol. The predicted octanol–water partition coefficient (Wildman–Crippen LogP) is 9.42. The average molecular weight is 429 g/mol. The molecule has 0 fully saturated rings. The van der Waals surface area contributed by atoms with E-state index in [-0.39, 0.29) is 0 Å². The van der Waals surface area contributed by atoms with Gasteiger partial charge in [0.25, 0.3) is 0 Å². The van der Waals surface area contributed by atoms with Crippen LogP contribution in [0.15, 0.2) is 0 Å². The van der Waals surface area contributed by atoms with E-state index < -0.39 is 8.56 Å². The van der Waals surface area contributed by atoms with Gasteiger partial charge in [-0.3, -0.25) is 0 Å². The van der Waals surface area contributed by atoms with Gasteiger partial charge in [-0.05, 0) is 43.7 Å². The van der Waals surface area contributed by atoms with Crippen LogP contribution >= 0.6 is 0 Å². The molecule has 3 heteroatoms. The molecule has 0 rings (SSSR count). The Bertz CT molecular complexity index is 327. The van der Waals surface area contributed by atoms with Crippen LogP contribution in [0, 0.1) is 5.92 Å². The first kappa shape index (κ1) is 29.1. The summed E-state index contributed by atoms with van der Waals surface area (Å²) in [6.07, 6.45) is 20.4. The van der Waals surface area contributed by atoms with E-state index in [0.717, 1.165) is 31.0 Å². The van der Waals surface area contributed by atoms with Crippen molar-refractivity contribution < 1.29 is 8.85 Å². The highest BCUT2D eigenvalue weighted by molar-refractivity contribution is 6.67. The maximum Gasteiger partial charge on any atom is 0.337 e. The molecular weight excluding hydrogens is 372 g/mol. The zero-order valence-corrected chi connectivity index (χ0v) is 22.2. The van der Waals surface area contributed by atoms with Crippen LogP contribution in [0.25, 0.3) is 0 Å². The first-order chi connectivity index (χ1) is 14.1. The molecule has 0 amide bonds. The first-order valence-electron chi connectivity index (χ1n) is 13.4. The molecule has 0 heterocycles. The molecule has 1 atom stereocenters. The lowest BCUT2D eigenvalue weighted by Gasteiger charge is -2.33. The van der Waals surface area contributed by atoms with E-state index in [2.05, 4.69) is 41.5 Å². The molecule has 1 unspecified atom stereocenters. The van der Waals surface area contributed by atoms with Crippen molar-refractivity contribution in [2.24, 2.45) is 5.92 Å². The summed E-state index contributed by atoms with van der Waals surface area (Å²) in [5.74, 6) is 0.861. The Kier molecular flexibility index (Phi) is 20.2. The molecule has 2 nitrogen and oxygen atoms in total. The quantitative estimate of drug-likeness (QED) is 0.126. The van der Waals surface area contributed by atoms with Crippen molar-refractivity contribution in [3.63, 3.8) is 0 Å². The van der Waals surface area contributed by atoms with E-state index in [0.29, 0.717) is 6.10 Å². The van der Waals surface area contributed by atoms with Crippen LogP contribution in [0.5, 0.6) is 0 Å². The van der Waals surface area contributed by atoms with E-state index in [4.69, 9.17) is 8.85 Å². The van der Waals surface area contributed by atoms with Crippen molar-refractivity contribution in [1.29, 1.82) is 0 Å². The van der Waals surface area contributed by atoms with Gasteiger partial charge < -0.3 is 8.85 Å². The monoisotopic (exact) mass is 428 g/mol. The molecule has 0 aromatic rings. The topological polar surface area (TPSA) is 18.5 Å². The van der Waals surface area contributed by atoms with Crippen LogP contribution in [0.1, 0.15) is 138 Å². The molecule has 0 aromatic heterocycles. The minimum absolute atomic E-state index is 0.398. The first-order valence-corrected chi connectivity index (χ1v) is 15.7. The van der Waals surface area contributed by atoms with E-state index in [1.165, 1.54) is 89.9 Å². The minimum atomic E-state index is -2.01. The van der Waals surface area contributed by atoms with Crippen molar-refractivity contribution >= 4 is 8.56 Å². The van der Waals surface area contributed by atoms with Crippen molar-refractivity contribution in [3.05, 3.63) is 0 Å². The van der Waals surface area contributed by atoms with E-state index in [1.54, 1.807) is 0 Å². The Hall–Kier alpha value is 0.137. The van der Waals surface area contributed by atoms with Gasteiger partial charge >= 0.3 is 8.56 Å². The lowest BCUT2D eigenvalue weighted by molar-refractivity contribution is 0.0971. The Morgan fingerprint density at radius 2 is 1.10 bits per heavy atom. The lowest BCUT2D eigenvalue weighted by atomic mass is 9.95. The molecule has 0 saturated carbocycles. The third kappa shape index (κ3) is 14.7. The van der Waals surface area contributed by atoms with Crippen LogP contribution in [-0.2, 0) is 8.85 Å². The van der Waals surface area contributed by atoms with Gasteiger partial charge in [-0.15, -0.1) is 0 Å². The Morgan fingerprint density at radius 1 is 0.586 bits per heavy atom. The van der Waals surface area contributed by atoms with Gasteiger partial charge in [0.15, 0.2) is 0 Å². The van der Waals surface area contributed by atoms with Crippen molar-refractivity contribution in [1.82, 2.24) is 0 Å². The molecule has 0 aliphatic rings. The maximum atomic E-state index is 6.73. The summed E-state index contributed by atoms with van der Waals surface area (Å²) in [4.78, 5) is 0. The zero-order valence-electron chi connectivity index (χ0n) is 21.2. The van der Waals surface area contributed by atoms with E-state index >= 15 is 0 Å². The molecule has 0 N–H and O–H groups in total. The molecule has 0 radical (unpaired) electrons. The van der Waals surface area contributed by atoms with E-state index in [1.807, 2.05) is 0 Å². The van der Waals surface area contributed by atoms with E-state index in [9.17, 15) is 0 Å². The largest absolute Gasteiger partial charge is 0.394 e. The Labute approximate surface area is 186 Å². The highest BCUT2D eigenvalue weighted by Gasteiger charge is 2.35. The Morgan fingerprint density at radius 3 is 1.55 bits per heavy atom. The number of hydrogen-bond donors (Lipinski definition) is 0. The summed E-state index contributed by atoms with van der Waals surface area (Å²) < 4.78 is 13.2. The molecule has 0 aliphatic heterocycles. The second-order valence-corrected chi connectivity index (χ2v) is 12.8. The van der Waals surface area contributed by atoms with Gasteiger partial charge in [-0.2, -0.15) is 0 Å². The highest BCUT2D eigenvalue weighted by atomic mass is 28.4. The summed E-state index contributed by atoms with van der Waals surface area (Å²) in [5.41, 5.74) is 0. The average Bonchev–Trinajstić information content (AvgIpc) is 2.76. The van der Waals surface area contributed by atoms with Crippen LogP contribution in [0.2, 0.25) is 12.1 Å². The maximum absolute atomic E-state index is 6.73. The second kappa shape index (κ2) is 20.1. The summed E-state index contributed by atoms with van der Waals surface area (Å²) >= 11 is 0. The smallest absolute Gasteiger partial charge is 0.337 e. The van der Waals surface area contributed by atoms with Crippen LogP contribution in [0.4, 0.5) is 0 Å². The van der Waals surface area contributed by atoms with Crippen LogP contribution < -0.4 is 0 Å². The van der Waals surface area contributed by atoms with Crippen molar-refractivity contribution in [2.75, 3.05) is 6.61 Å². The normalized spacial score (nSPS) is 13.3. The molecular formula is C26H56O2Si. The third-order valence-corrected chi connectivity index (χ3v) is 10.5. The SMILES string of the molecule is CCCCCCCCCCCCO[Si](CC)(CC)OC(CC)CCC(CC)CC. The second-order valence-electron chi connectivity index (χ2n) is 9.06. The van der Waals surface area contributed by atoms with Gasteiger partial charge in [0.05, 0.1) is 0 Å². The van der Waals surface area contributed by atoms with Crippen molar-refractivity contribution in [2.45, 2.75) is 156 Å². The van der Waals surface area contributed by atoms with Crippen molar-refractivity contribution in [3.8, 4) is 0 Å². The Balaban J connectivity index is 4.08. The molecule has 0 aromatic carbocycles. The van der Waals surface area contributed by atoms with Gasteiger partial charge in [0.1, 0.15) is 0 Å². The third-order valence-electron chi connectivity index (χ3n) is 6.83. The fourth-order valence-corrected chi connectivity index (χ4v) is 6.99. The summed E-state index contributed by atoms with van der Waals surface area (Å²) in [6, 6.07) is 2.17.